The molecule has 8 saturated heterocycles. The number of nitrogens with one attached hydrogen (secondary N) is 1. The van der Waals surface area contributed by atoms with Gasteiger partial charge in [-0.05, 0) is 155 Å². The summed E-state index contributed by atoms with van der Waals surface area (Å²) in [6, 6.07) is 16.6. The second-order valence-electron chi connectivity index (χ2n) is 20.8. The number of pyridine rings is 3. The Bertz CT molecular complexity index is 3110. The van der Waals surface area contributed by atoms with Crippen LogP contribution in [0.15, 0.2) is 55.0 Å². The molecule has 11 rings (SSSR count). The van der Waals surface area contributed by atoms with Crippen LogP contribution < -0.4 is 20.0 Å². The molecule has 6 atom stereocenters. The van der Waals surface area contributed by atoms with E-state index in [4.69, 9.17) is 38.3 Å². The molecule has 8 aliphatic heterocycles. The monoisotopic (exact) mass is 1690 g/mol. The van der Waals surface area contributed by atoms with Crippen molar-refractivity contribution in [2.75, 3.05) is 93.6 Å². The van der Waals surface area contributed by atoms with Crippen LogP contribution in [0.3, 0.4) is 0 Å². The Balaban J connectivity index is 0.000000169. The third-order valence-electron chi connectivity index (χ3n) is 15.0. The van der Waals surface area contributed by atoms with E-state index in [1.54, 1.807) is 100.0 Å². The van der Waals surface area contributed by atoms with Crippen LogP contribution in [0.5, 0.6) is 0 Å². The van der Waals surface area contributed by atoms with Crippen molar-refractivity contribution in [1.82, 2.24) is 30.1 Å². The lowest BCUT2D eigenvalue weighted by atomic mass is 9.94. The lowest BCUT2D eigenvalue weighted by Crippen LogP contribution is -2.68. The van der Waals surface area contributed by atoms with Crippen molar-refractivity contribution in [3.8, 4) is 12.3 Å². The fraction of sp³-hybridized carbons (Fsp3) is 0.627. The van der Waals surface area contributed by atoms with Gasteiger partial charge in [-0.15, -0.1) is 18.8 Å². The summed E-state index contributed by atoms with van der Waals surface area (Å²) in [7, 11) is 18.1. The number of ether oxygens (including phenoxy) is 4. The van der Waals surface area contributed by atoms with E-state index < -0.39 is 16.3 Å². The Hall–Kier alpha value is 0.240. The first-order valence-electron chi connectivity index (χ1n) is 26.6. The normalized spacial score (nSPS) is 23.7. The van der Waals surface area contributed by atoms with E-state index in [1.807, 2.05) is 18.5 Å². The van der Waals surface area contributed by atoms with Crippen LogP contribution in [0.2, 0.25) is 0 Å². The number of carbonyl (C=O) groups excluding carboxylic acids is 2. The van der Waals surface area contributed by atoms with E-state index in [0.717, 1.165) is 88.7 Å². The minimum atomic E-state index is -1.39. The van der Waals surface area contributed by atoms with E-state index >= 15 is 0 Å². The average Bonchev–Trinajstić information content (AvgIpc) is 2.36. The van der Waals surface area contributed by atoms with Crippen molar-refractivity contribution in [3.05, 3.63) is 67.7 Å². The highest BCUT2D eigenvalue weighted by molar-refractivity contribution is 14.1. The van der Waals surface area contributed by atoms with Gasteiger partial charge >= 0.3 is 11.9 Å². The maximum Gasteiger partial charge on any atom is 0.334 e. The number of esters is 2. The van der Waals surface area contributed by atoms with Gasteiger partial charge in [-0.1, -0.05) is 21.9 Å². The molecule has 8 fully saturated rings. The number of hydrogen-bond acceptors (Lipinski definition) is 17. The first kappa shape index (κ1) is 72.3. The second-order valence-corrected chi connectivity index (χ2v) is 44.4. The van der Waals surface area contributed by atoms with Crippen LogP contribution in [0.25, 0.3) is 0 Å². The molecule has 0 aromatic carbocycles. The lowest BCUT2D eigenvalue weighted by Gasteiger charge is -2.54. The molecule has 0 spiro atoms. The maximum absolute atomic E-state index is 11.2. The molecule has 32 heteroatoms. The van der Waals surface area contributed by atoms with E-state index in [2.05, 4.69) is 165 Å². The smallest absolute Gasteiger partial charge is 0.334 e. The number of carbonyl (C=O) groups is 2. The van der Waals surface area contributed by atoms with Crippen LogP contribution in [0, 0.1) is 19.5 Å². The fourth-order valence-corrected chi connectivity index (χ4v) is 37.1. The third-order valence-corrected chi connectivity index (χ3v) is 39.1. The molecule has 11 heterocycles. The molecule has 0 saturated carbocycles. The Morgan fingerprint density at radius 1 is 0.639 bits per heavy atom. The summed E-state index contributed by atoms with van der Waals surface area (Å²) in [6.45, 7) is 20.1. The van der Waals surface area contributed by atoms with Crippen molar-refractivity contribution < 1.29 is 28.5 Å². The molecule has 0 radical (unpaired) electrons. The van der Waals surface area contributed by atoms with Crippen LogP contribution >= 0.6 is 73.5 Å². The molecule has 83 heavy (non-hydrogen) atoms. The minimum Gasteiger partial charge on any atom is -0.465 e. The van der Waals surface area contributed by atoms with Gasteiger partial charge < -0.3 is 39.0 Å². The molecule has 1 N–H and O–H groups in total. The molecule has 15 nitrogen and oxygen atoms in total. The second kappa shape index (κ2) is 36.3. The molecule has 0 amide bonds. The van der Waals surface area contributed by atoms with E-state index in [-0.39, 0.29) is 36.7 Å². The van der Waals surface area contributed by atoms with Gasteiger partial charge in [0.15, 0.2) is 0 Å². The van der Waals surface area contributed by atoms with Gasteiger partial charge in [-0.3, -0.25) is 9.80 Å². The Morgan fingerprint density at radius 2 is 0.988 bits per heavy atom. The number of aromatic nitrogens is 3. The third kappa shape index (κ3) is 20.9. The zero-order valence-corrected chi connectivity index (χ0v) is 63.7. The van der Waals surface area contributed by atoms with Crippen molar-refractivity contribution in [2.24, 2.45) is 0 Å². The van der Waals surface area contributed by atoms with Crippen molar-refractivity contribution in [3.63, 3.8) is 0 Å². The van der Waals surface area contributed by atoms with Crippen LogP contribution in [-0.2, 0) is 149 Å². The highest BCUT2D eigenvalue weighted by Crippen LogP contribution is 2.42. The van der Waals surface area contributed by atoms with E-state index in [0.29, 0.717) is 36.3 Å². The first-order valence-corrected chi connectivity index (χ1v) is 45.5. The molecule has 6 unspecified atom stereocenters. The molecule has 3 aromatic heterocycles. The average molecular weight is 1690 g/mol. The number of rotatable bonds is 9. The fourth-order valence-electron chi connectivity index (χ4n) is 11.5. The zero-order chi connectivity index (χ0) is 58.7. The van der Waals surface area contributed by atoms with Gasteiger partial charge in [0.2, 0.25) is 4.32 Å². The summed E-state index contributed by atoms with van der Waals surface area (Å²) < 4.78 is 21.3. The largest absolute Gasteiger partial charge is 0.465 e. The molecule has 6 bridgehead atoms. The van der Waals surface area contributed by atoms with Gasteiger partial charge in [0, 0.05) is 227 Å². The molecule has 0 aliphatic carbocycles. The molecule has 460 valence electrons. The number of fused-ring (bicyclic) bond motifs is 6. The van der Waals surface area contributed by atoms with Crippen LogP contribution in [0.1, 0.15) is 78.7 Å². The summed E-state index contributed by atoms with van der Waals surface area (Å²) in [4.78, 5) is 48.8. The quantitative estimate of drug-likeness (QED) is 0.0780. The highest BCUT2D eigenvalue weighted by atomic mass is 127. The summed E-state index contributed by atoms with van der Waals surface area (Å²) in [6.07, 6.45) is 19.0. The zero-order valence-electron chi connectivity index (χ0n) is 46.3. The summed E-state index contributed by atoms with van der Waals surface area (Å²) in [5.41, 5.74) is 1.40. The number of alkyl halides is 1. The van der Waals surface area contributed by atoms with Gasteiger partial charge in [0.25, 0.3) is 0 Å². The number of halogens is 4. The predicted octanol–water partition coefficient (Wildman–Crippen LogP) is 6.92. The Labute approximate surface area is 572 Å². The van der Waals surface area contributed by atoms with Crippen molar-refractivity contribution in [1.29, 1.82) is 0 Å². The van der Waals surface area contributed by atoms with Gasteiger partial charge in [0.05, 0.1) is 50.7 Å². The van der Waals surface area contributed by atoms with Crippen LogP contribution in [0.4, 0.5) is 17.5 Å². The molecular formula is C51H69BrClI2N9O6S13. The maximum atomic E-state index is 11.2. The molecule has 3 aromatic rings. The topological polar surface area (TPSA) is 138 Å². The Morgan fingerprint density at radius 3 is 1.28 bits per heavy atom. The van der Waals surface area contributed by atoms with Gasteiger partial charge in [-0.2, -0.15) is 0 Å². The Kier molecular flexibility index (Phi) is 31.6. The SMILES string of the molecule is C#Cc1ccc(N2CC3CCC(C2)N3C2(C)COC2)nc1.CC1(N2C3CCC2CN(c2ccc(I)cn2)C3)COC1.CCOC(=O)C(C)(Br)C(=O)OCC.Cl.Ic1ccc(N2CC3CCC(C2)N3)nc1.S=S=S=S=S=S=S=S=S=S=S=S=S. The van der Waals surface area contributed by atoms with Gasteiger partial charge in [0.1, 0.15) is 17.5 Å². The van der Waals surface area contributed by atoms with Crippen LogP contribution in [-0.4, -0.2) is 167 Å². The number of hydrogen-bond donors (Lipinski definition) is 1. The summed E-state index contributed by atoms with van der Waals surface area (Å²) in [5, 5.41) is 3.63. The number of nitrogens with zero attached hydrogens (tertiary/aromatic N) is 8. The predicted molar refractivity (Wildman–Crippen MR) is 392 cm³/mol. The number of terminal acetylenes is 1. The minimum absolute atomic E-state index is 0. The summed E-state index contributed by atoms with van der Waals surface area (Å²) >= 11 is 17.0. The van der Waals surface area contributed by atoms with Crippen molar-refractivity contribution >= 4 is 223 Å². The summed E-state index contributed by atoms with van der Waals surface area (Å²) in [5.74, 6) is 4.69. The standard InChI is InChI=1S/C17H21N3O.C15H20IN3O.C11H14IN3.C8H13BrO4.ClH.S13/c1-3-13-4-7-16(18-8-13)19-9-14-5-6-15(10-19)20(14)17(2)11-21-12-17;1-15(9-20-10-15)19-12-3-4-13(19)8-18(7-12)14-5-2-11(16)6-17-14;12-8-1-4-11(13-5-8)15-6-9-2-3-10(7-15)14-9;1-4-12-6(10)8(3,9)7(11)13-5-2;;1-3-5-7-9-11-13-12-10-8-6-4-2/h1,4,7-8,14-15H,5-6,9-12H2,2H3;2,5-6,12-13H,3-4,7-10H2,1H3;1,4-5,9-10,14H,2-3,6-7H2;4-5H2,1-3H3;1H;. The van der Waals surface area contributed by atoms with E-state index in [9.17, 15) is 9.59 Å². The molecule has 8 aliphatic rings. The lowest BCUT2D eigenvalue weighted by molar-refractivity contribution is -0.157. The van der Waals surface area contributed by atoms with E-state index in [1.165, 1.54) is 70.4 Å². The molecular weight excluding hydrogens is 1620 g/mol. The number of anilines is 3. The highest BCUT2D eigenvalue weighted by Gasteiger charge is 2.53. The van der Waals surface area contributed by atoms with Crippen molar-refractivity contribution in [2.45, 2.75) is 125 Å². The first-order chi connectivity index (χ1) is 39.5. The van der Waals surface area contributed by atoms with Gasteiger partial charge in [-0.25, -0.2) is 24.5 Å². The number of piperazine rings is 3.